The molecule has 1 aliphatic rings. The topological polar surface area (TPSA) is 54.5 Å². The minimum Gasteiger partial charge on any atom is -0.494 e. The Morgan fingerprint density at radius 1 is 1.21 bits per heavy atom. The van der Waals surface area contributed by atoms with Gasteiger partial charge in [0.25, 0.3) is 0 Å². The SMILES string of the molecule is CCOc1ccc2nc(Cl)c([C@@H]3C=C(c4ccc(C)cc4)NN3C(C)=O)cc2c1. The second-order valence-electron chi connectivity index (χ2n) is 7.05. The Morgan fingerprint density at radius 2 is 1.97 bits per heavy atom. The molecule has 1 amide bonds. The van der Waals surface area contributed by atoms with Gasteiger partial charge in [-0.05, 0) is 49.8 Å². The summed E-state index contributed by atoms with van der Waals surface area (Å²) in [5.74, 6) is 0.673. The monoisotopic (exact) mass is 407 g/mol. The van der Waals surface area contributed by atoms with Crippen LogP contribution in [0.1, 0.15) is 36.6 Å². The van der Waals surface area contributed by atoms with Crippen molar-refractivity contribution in [3.8, 4) is 5.75 Å². The molecule has 1 aromatic heterocycles. The molecule has 0 saturated heterocycles. The normalized spacial score (nSPS) is 15.9. The van der Waals surface area contributed by atoms with E-state index in [1.54, 1.807) is 5.01 Å². The summed E-state index contributed by atoms with van der Waals surface area (Å²) in [6.45, 7) is 6.11. The van der Waals surface area contributed by atoms with Crippen LogP contribution in [0.4, 0.5) is 0 Å². The average Bonchev–Trinajstić information content (AvgIpc) is 3.14. The highest BCUT2D eigenvalue weighted by molar-refractivity contribution is 6.30. The lowest BCUT2D eigenvalue weighted by atomic mass is 10.0. The molecular formula is C23H22ClN3O2. The second-order valence-corrected chi connectivity index (χ2v) is 7.41. The Bertz CT molecular complexity index is 1110. The van der Waals surface area contributed by atoms with E-state index in [9.17, 15) is 4.79 Å². The number of hydrazine groups is 1. The summed E-state index contributed by atoms with van der Waals surface area (Å²) in [6, 6.07) is 15.5. The number of aromatic nitrogens is 1. The van der Waals surface area contributed by atoms with Gasteiger partial charge in [0.05, 0.1) is 17.8 Å². The average molecular weight is 408 g/mol. The van der Waals surface area contributed by atoms with Crippen LogP contribution in [-0.2, 0) is 4.79 Å². The molecule has 0 saturated carbocycles. The third-order valence-corrected chi connectivity index (χ3v) is 5.24. The molecule has 1 N–H and O–H groups in total. The smallest absolute Gasteiger partial charge is 0.238 e. The second kappa shape index (κ2) is 7.76. The third-order valence-electron chi connectivity index (χ3n) is 4.94. The van der Waals surface area contributed by atoms with Gasteiger partial charge in [0, 0.05) is 17.9 Å². The number of halogens is 1. The fourth-order valence-corrected chi connectivity index (χ4v) is 3.74. The zero-order valence-electron chi connectivity index (χ0n) is 16.6. The maximum Gasteiger partial charge on any atom is 0.238 e. The first-order valence-corrected chi connectivity index (χ1v) is 9.92. The highest BCUT2D eigenvalue weighted by atomic mass is 35.5. The Morgan fingerprint density at radius 3 is 2.66 bits per heavy atom. The van der Waals surface area contributed by atoms with Crippen LogP contribution in [0, 0.1) is 6.92 Å². The molecule has 0 unspecified atom stereocenters. The number of ether oxygens (including phenoxy) is 1. The Hall–Kier alpha value is -3.05. The molecule has 0 bridgehead atoms. The van der Waals surface area contributed by atoms with Crippen LogP contribution < -0.4 is 10.2 Å². The van der Waals surface area contributed by atoms with Gasteiger partial charge in [0.1, 0.15) is 16.9 Å². The first kappa shape index (κ1) is 19.3. The number of carbonyl (C=O) groups excluding carboxylic acids is 1. The lowest BCUT2D eigenvalue weighted by Crippen LogP contribution is -2.38. The molecule has 2 aromatic carbocycles. The van der Waals surface area contributed by atoms with Gasteiger partial charge in [0.2, 0.25) is 5.91 Å². The largest absolute Gasteiger partial charge is 0.494 e. The number of hydrogen-bond acceptors (Lipinski definition) is 4. The zero-order chi connectivity index (χ0) is 20.5. The maximum atomic E-state index is 12.3. The van der Waals surface area contributed by atoms with Crippen molar-refractivity contribution in [2.24, 2.45) is 0 Å². The fraction of sp³-hybridized carbons (Fsp3) is 0.217. The predicted molar refractivity (Wildman–Crippen MR) is 115 cm³/mol. The van der Waals surface area contributed by atoms with Gasteiger partial charge in [-0.3, -0.25) is 10.2 Å². The van der Waals surface area contributed by atoms with Crippen LogP contribution in [0.25, 0.3) is 16.6 Å². The number of benzene rings is 2. The van der Waals surface area contributed by atoms with Crippen molar-refractivity contribution in [1.82, 2.24) is 15.4 Å². The van der Waals surface area contributed by atoms with Crippen molar-refractivity contribution in [1.29, 1.82) is 0 Å². The third kappa shape index (κ3) is 3.78. The molecule has 0 spiro atoms. The standard InChI is InChI=1S/C23H22ClN3O2/c1-4-29-18-9-10-20-17(11-18)12-19(23(24)25-20)22-13-21(26-27(22)15(3)28)16-7-5-14(2)6-8-16/h5-13,22,26H,4H2,1-3H3/t22-/m0/s1. The van der Waals surface area contributed by atoms with Gasteiger partial charge in [-0.2, -0.15) is 0 Å². The summed E-state index contributed by atoms with van der Waals surface area (Å²) in [5, 5.41) is 2.87. The number of hydrogen-bond donors (Lipinski definition) is 1. The van der Waals surface area contributed by atoms with Crippen molar-refractivity contribution < 1.29 is 9.53 Å². The van der Waals surface area contributed by atoms with Crippen LogP contribution in [0.2, 0.25) is 5.15 Å². The predicted octanol–water partition coefficient (Wildman–Crippen LogP) is 5.04. The minimum atomic E-state index is -0.357. The lowest BCUT2D eigenvalue weighted by molar-refractivity contribution is -0.132. The first-order valence-electron chi connectivity index (χ1n) is 9.54. The number of carbonyl (C=O) groups is 1. The summed E-state index contributed by atoms with van der Waals surface area (Å²) in [5.41, 5.74) is 7.81. The van der Waals surface area contributed by atoms with E-state index >= 15 is 0 Å². The summed E-state index contributed by atoms with van der Waals surface area (Å²) >= 11 is 6.53. The van der Waals surface area contributed by atoms with E-state index in [0.717, 1.165) is 33.5 Å². The van der Waals surface area contributed by atoms with Crippen LogP contribution in [0.15, 0.2) is 54.6 Å². The molecule has 1 atom stereocenters. The summed E-state index contributed by atoms with van der Waals surface area (Å²) < 4.78 is 5.60. The molecule has 148 valence electrons. The molecule has 3 aromatic rings. The Labute approximate surface area is 174 Å². The highest BCUT2D eigenvalue weighted by Gasteiger charge is 2.31. The van der Waals surface area contributed by atoms with Crippen molar-refractivity contribution in [2.75, 3.05) is 6.61 Å². The molecule has 2 heterocycles. The number of nitrogens with zero attached hydrogens (tertiary/aromatic N) is 2. The Kier molecular flexibility index (Phi) is 5.16. The highest BCUT2D eigenvalue weighted by Crippen LogP contribution is 2.36. The van der Waals surface area contributed by atoms with Crippen molar-refractivity contribution in [3.05, 3.63) is 76.5 Å². The van der Waals surface area contributed by atoms with E-state index in [0.29, 0.717) is 11.8 Å². The van der Waals surface area contributed by atoms with Gasteiger partial charge in [0.15, 0.2) is 0 Å². The van der Waals surface area contributed by atoms with E-state index in [1.807, 2.05) is 68.5 Å². The van der Waals surface area contributed by atoms with Gasteiger partial charge >= 0.3 is 0 Å². The van der Waals surface area contributed by atoms with Gasteiger partial charge in [-0.1, -0.05) is 41.4 Å². The number of amides is 1. The fourth-order valence-electron chi connectivity index (χ4n) is 3.48. The zero-order valence-corrected chi connectivity index (χ0v) is 17.3. The maximum absolute atomic E-state index is 12.3. The summed E-state index contributed by atoms with van der Waals surface area (Å²) in [7, 11) is 0. The molecule has 4 rings (SSSR count). The Balaban J connectivity index is 1.79. The number of aryl methyl sites for hydroxylation is 1. The van der Waals surface area contributed by atoms with Crippen LogP contribution in [0.5, 0.6) is 5.75 Å². The van der Waals surface area contributed by atoms with Gasteiger partial charge in [-0.25, -0.2) is 9.99 Å². The molecule has 0 fully saturated rings. The van der Waals surface area contributed by atoms with Crippen LogP contribution >= 0.6 is 11.6 Å². The van der Waals surface area contributed by atoms with Crippen molar-refractivity contribution in [3.63, 3.8) is 0 Å². The molecular weight excluding hydrogens is 386 g/mol. The summed E-state index contributed by atoms with van der Waals surface area (Å²) in [4.78, 5) is 16.9. The van der Waals surface area contributed by atoms with E-state index in [-0.39, 0.29) is 11.9 Å². The van der Waals surface area contributed by atoms with Crippen LogP contribution in [0.3, 0.4) is 0 Å². The van der Waals surface area contributed by atoms with E-state index in [1.165, 1.54) is 12.5 Å². The summed E-state index contributed by atoms with van der Waals surface area (Å²) in [6.07, 6.45) is 2.01. The van der Waals surface area contributed by atoms with E-state index in [2.05, 4.69) is 10.4 Å². The quantitative estimate of drug-likeness (QED) is 0.615. The molecule has 0 radical (unpaired) electrons. The number of pyridine rings is 1. The van der Waals surface area contributed by atoms with E-state index < -0.39 is 0 Å². The van der Waals surface area contributed by atoms with Crippen LogP contribution in [-0.4, -0.2) is 22.5 Å². The molecule has 29 heavy (non-hydrogen) atoms. The molecule has 1 aliphatic heterocycles. The van der Waals surface area contributed by atoms with E-state index in [4.69, 9.17) is 16.3 Å². The molecule has 0 aliphatic carbocycles. The first-order chi connectivity index (χ1) is 14.0. The molecule has 5 nitrogen and oxygen atoms in total. The number of rotatable bonds is 4. The van der Waals surface area contributed by atoms with Crippen molar-refractivity contribution >= 4 is 34.1 Å². The molecule has 6 heteroatoms. The van der Waals surface area contributed by atoms with Crippen molar-refractivity contribution in [2.45, 2.75) is 26.8 Å². The number of fused-ring (bicyclic) bond motifs is 1. The minimum absolute atomic E-state index is 0.104. The lowest BCUT2D eigenvalue weighted by Gasteiger charge is -2.24. The van der Waals surface area contributed by atoms with Gasteiger partial charge < -0.3 is 4.74 Å². The van der Waals surface area contributed by atoms with Gasteiger partial charge in [-0.15, -0.1) is 0 Å². The number of nitrogens with one attached hydrogen (secondary N) is 1.